The molecule has 0 unspecified atom stereocenters. The number of fused-ring (bicyclic) bond motifs is 1. The summed E-state index contributed by atoms with van der Waals surface area (Å²) in [6, 6.07) is 4.86. The lowest BCUT2D eigenvalue weighted by Crippen LogP contribution is -2.48. The highest BCUT2D eigenvalue weighted by Gasteiger charge is 2.44. The minimum absolute atomic E-state index is 0.0797. The average Bonchev–Trinajstić information content (AvgIpc) is 2.97. The van der Waals surface area contributed by atoms with Crippen molar-refractivity contribution >= 4 is 22.4 Å². The molecule has 3 nitrogen and oxygen atoms in total. The summed E-state index contributed by atoms with van der Waals surface area (Å²) in [4.78, 5) is 18.0. The summed E-state index contributed by atoms with van der Waals surface area (Å²) in [7, 11) is 0. The van der Waals surface area contributed by atoms with Crippen molar-refractivity contribution in [1.29, 1.82) is 0 Å². The standard InChI is InChI=1S/C20H23FN2O/c1-2-20(8-3-9-20)19(24)23-10-6-14(7-11-23)17-13-22-18-12-15(21)4-5-16(17)18/h4-6,12-13,22H,2-3,7-11H2,1H3. The van der Waals surface area contributed by atoms with Gasteiger partial charge in [-0.1, -0.05) is 19.4 Å². The highest BCUT2D eigenvalue weighted by Crippen LogP contribution is 2.45. The van der Waals surface area contributed by atoms with E-state index >= 15 is 0 Å². The molecular formula is C20H23FN2O. The van der Waals surface area contributed by atoms with Crippen LogP contribution in [0.2, 0.25) is 0 Å². The molecule has 0 radical (unpaired) electrons. The van der Waals surface area contributed by atoms with Crippen LogP contribution in [0.5, 0.6) is 0 Å². The van der Waals surface area contributed by atoms with Crippen molar-refractivity contribution < 1.29 is 9.18 Å². The van der Waals surface area contributed by atoms with E-state index in [9.17, 15) is 9.18 Å². The van der Waals surface area contributed by atoms with Gasteiger partial charge < -0.3 is 9.88 Å². The summed E-state index contributed by atoms with van der Waals surface area (Å²) in [5, 5.41) is 1.05. The summed E-state index contributed by atoms with van der Waals surface area (Å²) in [6.45, 7) is 3.59. The Morgan fingerprint density at radius 3 is 2.83 bits per heavy atom. The number of aromatic nitrogens is 1. The van der Waals surface area contributed by atoms with Gasteiger partial charge in [0.05, 0.1) is 0 Å². The number of halogens is 1. The Kier molecular flexibility index (Phi) is 3.70. The second-order valence-electron chi connectivity index (χ2n) is 7.11. The first-order valence-electron chi connectivity index (χ1n) is 8.88. The fourth-order valence-corrected chi connectivity index (χ4v) is 4.12. The van der Waals surface area contributed by atoms with Gasteiger partial charge in [0.2, 0.25) is 5.91 Å². The molecule has 1 aromatic heterocycles. The van der Waals surface area contributed by atoms with Gasteiger partial charge in [-0.25, -0.2) is 4.39 Å². The van der Waals surface area contributed by atoms with E-state index in [4.69, 9.17) is 0 Å². The van der Waals surface area contributed by atoms with Crippen LogP contribution in [0.4, 0.5) is 4.39 Å². The van der Waals surface area contributed by atoms with Gasteiger partial charge in [-0.05, 0) is 49.5 Å². The average molecular weight is 326 g/mol. The number of nitrogens with zero attached hydrogens (tertiary/aromatic N) is 1. The van der Waals surface area contributed by atoms with Crippen molar-refractivity contribution in [2.45, 2.75) is 39.0 Å². The quantitative estimate of drug-likeness (QED) is 0.885. The van der Waals surface area contributed by atoms with E-state index in [1.807, 2.05) is 17.2 Å². The van der Waals surface area contributed by atoms with Gasteiger partial charge in [-0.3, -0.25) is 4.79 Å². The predicted molar refractivity (Wildman–Crippen MR) is 94.0 cm³/mol. The van der Waals surface area contributed by atoms with Crippen molar-refractivity contribution in [3.63, 3.8) is 0 Å². The molecule has 0 atom stereocenters. The van der Waals surface area contributed by atoms with Crippen molar-refractivity contribution in [2.75, 3.05) is 13.1 Å². The van der Waals surface area contributed by atoms with Crippen molar-refractivity contribution in [1.82, 2.24) is 9.88 Å². The van der Waals surface area contributed by atoms with Crippen LogP contribution >= 0.6 is 0 Å². The first-order chi connectivity index (χ1) is 11.6. The number of amides is 1. The molecule has 1 amide bonds. The van der Waals surface area contributed by atoms with Crippen LogP contribution in [0.15, 0.2) is 30.5 Å². The van der Waals surface area contributed by atoms with Gasteiger partial charge in [0, 0.05) is 41.2 Å². The molecule has 2 aromatic rings. The van der Waals surface area contributed by atoms with Crippen LogP contribution in [0.25, 0.3) is 16.5 Å². The molecule has 4 heteroatoms. The van der Waals surface area contributed by atoms with E-state index in [1.54, 1.807) is 0 Å². The molecule has 0 spiro atoms. The Bertz CT molecular complexity index is 811. The third-order valence-electron chi connectivity index (χ3n) is 5.93. The minimum atomic E-state index is -0.226. The van der Waals surface area contributed by atoms with E-state index in [0.29, 0.717) is 12.5 Å². The van der Waals surface area contributed by atoms with Crippen LogP contribution in [0.3, 0.4) is 0 Å². The van der Waals surface area contributed by atoms with E-state index < -0.39 is 0 Å². The summed E-state index contributed by atoms with van der Waals surface area (Å²) in [5.74, 6) is 0.114. The fourth-order valence-electron chi connectivity index (χ4n) is 4.12. The number of hydrogen-bond donors (Lipinski definition) is 1. The number of carbonyl (C=O) groups is 1. The topological polar surface area (TPSA) is 36.1 Å². The number of carbonyl (C=O) groups excluding carboxylic acids is 1. The maximum absolute atomic E-state index is 13.3. The maximum Gasteiger partial charge on any atom is 0.229 e. The molecule has 1 aliphatic carbocycles. The first kappa shape index (κ1) is 15.4. The van der Waals surface area contributed by atoms with Crippen LogP contribution in [-0.4, -0.2) is 28.9 Å². The summed E-state index contributed by atoms with van der Waals surface area (Å²) >= 11 is 0. The number of benzene rings is 1. The number of hydrogen-bond acceptors (Lipinski definition) is 1. The van der Waals surface area contributed by atoms with Gasteiger partial charge in [0.25, 0.3) is 0 Å². The predicted octanol–water partition coefficient (Wildman–Crippen LogP) is 4.50. The van der Waals surface area contributed by atoms with Crippen LogP contribution < -0.4 is 0 Å². The number of H-pyrrole nitrogens is 1. The molecule has 24 heavy (non-hydrogen) atoms. The monoisotopic (exact) mass is 326 g/mol. The first-order valence-corrected chi connectivity index (χ1v) is 8.88. The van der Waals surface area contributed by atoms with E-state index in [1.165, 1.54) is 24.1 Å². The van der Waals surface area contributed by atoms with Gasteiger partial charge in [-0.2, -0.15) is 0 Å². The lowest BCUT2D eigenvalue weighted by molar-refractivity contribution is -0.147. The third kappa shape index (κ3) is 2.36. The molecule has 0 saturated heterocycles. The van der Waals surface area contributed by atoms with Crippen molar-refractivity contribution in [3.05, 3.63) is 41.9 Å². The lowest BCUT2D eigenvalue weighted by Gasteiger charge is -2.43. The van der Waals surface area contributed by atoms with Gasteiger partial charge in [0.1, 0.15) is 5.82 Å². The molecule has 1 aliphatic heterocycles. The largest absolute Gasteiger partial charge is 0.360 e. The smallest absolute Gasteiger partial charge is 0.229 e. The Labute approximate surface area is 141 Å². The number of nitrogens with one attached hydrogen (secondary N) is 1. The maximum atomic E-state index is 13.3. The number of rotatable bonds is 3. The Hall–Kier alpha value is -2.10. The molecule has 1 N–H and O–H groups in total. The fraction of sp³-hybridized carbons (Fsp3) is 0.450. The highest BCUT2D eigenvalue weighted by atomic mass is 19.1. The molecule has 126 valence electrons. The molecule has 1 fully saturated rings. The van der Waals surface area contributed by atoms with Crippen molar-refractivity contribution in [2.24, 2.45) is 5.41 Å². The lowest BCUT2D eigenvalue weighted by atomic mass is 9.66. The molecule has 2 heterocycles. The Morgan fingerprint density at radius 1 is 1.38 bits per heavy atom. The number of aromatic amines is 1. The molecule has 2 aliphatic rings. The van der Waals surface area contributed by atoms with Crippen LogP contribution in [0.1, 0.15) is 44.6 Å². The zero-order chi connectivity index (χ0) is 16.7. The third-order valence-corrected chi connectivity index (χ3v) is 5.93. The van der Waals surface area contributed by atoms with Gasteiger partial charge >= 0.3 is 0 Å². The molecule has 1 aromatic carbocycles. The van der Waals surface area contributed by atoms with Gasteiger partial charge in [-0.15, -0.1) is 0 Å². The SMILES string of the molecule is CCC1(C(=O)N2CC=C(c3c[nH]c4cc(F)ccc34)CC2)CCC1. The van der Waals surface area contributed by atoms with E-state index in [-0.39, 0.29) is 11.2 Å². The van der Waals surface area contributed by atoms with Crippen molar-refractivity contribution in [3.8, 4) is 0 Å². The summed E-state index contributed by atoms with van der Waals surface area (Å²) in [5.41, 5.74) is 3.12. The zero-order valence-corrected chi connectivity index (χ0v) is 14.1. The normalized spacial score (nSPS) is 19.9. The second-order valence-corrected chi connectivity index (χ2v) is 7.11. The van der Waals surface area contributed by atoms with Crippen LogP contribution in [-0.2, 0) is 4.79 Å². The zero-order valence-electron chi connectivity index (χ0n) is 14.1. The molecule has 1 saturated carbocycles. The molecule has 0 bridgehead atoms. The Morgan fingerprint density at radius 2 is 2.21 bits per heavy atom. The Balaban J connectivity index is 1.55. The van der Waals surface area contributed by atoms with Crippen LogP contribution in [0, 0.1) is 11.2 Å². The minimum Gasteiger partial charge on any atom is -0.360 e. The summed E-state index contributed by atoms with van der Waals surface area (Å²) < 4.78 is 13.3. The second kappa shape index (κ2) is 5.76. The molecular weight excluding hydrogens is 303 g/mol. The highest BCUT2D eigenvalue weighted by molar-refractivity contribution is 5.93. The van der Waals surface area contributed by atoms with Gasteiger partial charge in [0.15, 0.2) is 0 Å². The summed E-state index contributed by atoms with van der Waals surface area (Å²) in [6.07, 6.45) is 9.19. The van der Waals surface area contributed by atoms with E-state index in [2.05, 4.69) is 18.0 Å². The molecule has 4 rings (SSSR count). The van der Waals surface area contributed by atoms with E-state index in [0.717, 1.165) is 48.7 Å².